The number of nitrogens with one attached hydrogen (secondary N) is 2. The summed E-state index contributed by atoms with van der Waals surface area (Å²) in [6, 6.07) is 6.88. The van der Waals surface area contributed by atoms with Gasteiger partial charge in [0, 0.05) is 11.8 Å². The van der Waals surface area contributed by atoms with Crippen molar-refractivity contribution in [2.45, 2.75) is 64.3 Å². The predicted molar refractivity (Wildman–Crippen MR) is 127 cm³/mol. The molecule has 0 spiro atoms. The van der Waals surface area contributed by atoms with E-state index in [1.54, 1.807) is 32.9 Å². The van der Waals surface area contributed by atoms with E-state index in [1.807, 2.05) is 0 Å². The molecule has 2 rings (SSSR count). The summed E-state index contributed by atoms with van der Waals surface area (Å²) in [5.74, 6) is -1.88. The summed E-state index contributed by atoms with van der Waals surface area (Å²) < 4.78 is 42.7. The highest BCUT2D eigenvalue weighted by atomic mass is 32.2. The SMILES string of the molecule is CCCCC[C@@H](Nc1ccc(S(=O)(=O)Nc2cc(C)on2)cc1)C(C(=O)OCC)C(=O)OCC. The van der Waals surface area contributed by atoms with Gasteiger partial charge in [0.05, 0.1) is 24.2 Å². The van der Waals surface area contributed by atoms with E-state index in [0.29, 0.717) is 17.9 Å². The van der Waals surface area contributed by atoms with E-state index in [1.165, 1.54) is 18.2 Å². The Kier molecular flexibility index (Phi) is 10.4. The summed E-state index contributed by atoms with van der Waals surface area (Å²) in [5, 5.41) is 6.84. The second kappa shape index (κ2) is 13.0. The van der Waals surface area contributed by atoms with Crippen LogP contribution < -0.4 is 10.0 Å². The zero-order valence-electron chi connectivity index (χ0n) is 20.0. The molecule has 2 aromatic rings. The molecule has 1 heterocycles. The van der Waals surface area contributed by atoms with Gasteiger partial charge in [0.1, 0.15) is 5.76 Å². The highest BCUT2D eigenvalue weighted by molar-refractivity contribution is 7.92. The van der Waals surface area contributed by atoms with Crippen molar-refractivity contribution in [2.75, 3.05) is 23.3 Å². The molecular formula is C23H33N3O7S. The van der Waals surface area contributed by atoms with Gasteiger partial charge in [0.2, 0.25) is 0 Å². The van der Waals surface area contributed by atoms with Crippen molar-refractivity contribution in [3.63, 3.8) is 0 Å². The molecule has 34 heavy (non-hydrogen) atoms. The van der Waals surface area contributed by atoms with Crippen LogP contribution in [0, 0.1) is 12.8 Å². The molecule has 0 bridgehead atoms. The number of aryl methyl sites for hydroxylation is 1. The third kappa shape index (κ3) is 7.75. The Morgan fingerprint density at radius 2 is 1.65 bits per heavy atom. The molecule has 1 aromatic carbocycles. The number of aromatic nitrogens is 1. The van der Waals surface area contributed by atoms with E-state index in [0.717, 1.165) is 19.3 Å². The summed E-state index contributed by atoms with van der Waals surface area (Å²) in [7, 11) is -3.87. The lowest BCUT2D eigenvalue weighted by atomic mass is 9.94. The van der Waals surface area contributed by atoms with Gasteiger partial charge in [-0.3, -0.25) is 14.3 Å². The average Bonchev–Trinajstić information content (AvgIpc) is 3.18. The quantitative estimate of drug-likeness (QED) is 0.227. The third-order valence-corrected chi connectivity index (χ3v) is 6.36. The summed E-state index contributed by atoms with van der Waals surface area (Å²) in [4.78, 5) is 25.3. The Morgan fingerprint density at radius 3 is 2.15 bits per heavy atom. The van der Waals surface area contributed by atoms with Crippen molar-refractivity contribution in [2.24, 2.45) is 5.92 Å². The minimum Gasteiger partial charge on any atom is -0.465 e. The number of hydrogen-bond donors (Lipinski definition) is 2. The molecule has 0 unspecified atom stereocenters. The Bertz CT molecular complexity index is 1020. The van der Waals surface area contributed by atoms with Crippen LogP contribution in [0.3, 0.4) is 0 Å². The largest absolute Gasteiger partial charge is 0.465 e. The van der Waals surface area contributed by atoms with Gasteiger partial charge in [-0.05, 0) is 51.5 Å². The van der Waals surface area contributed by atoms with Crippen LogP contribution in [0.4, 0.5) is 11.5 Å². The minimum atomic E-state index is -3.87. The fourth-order valence-corrected chi connectivity index (χ4v) is 4.36. The monoisotopic (exact) mass is 495 g/mol. The van der Waals surface area contributed by atoms with E-state index >= 15 is 0 Å². The first kappa shape index (κ1) is 27.2. The van der Waals surface area contributed by atoms with Crippen molar-refractivity contribution in [1.29, 1.82) is 0 Å². The van der Waals surface area contributed by atoms with Crippen molar-refractivity contribution in [3.8, 4) is 0 Å². The van der Waals surface area contributed by atoms with Crippen LogP contribution >= 0.6 is 0 Å². The van der Waals surface area contributed by atoms with E-state index < -0.39 is 33.9 Å². The molecule has 11 heteroatoms. The molecular weight excluding hydrogens is 462 g/mol. The lowest BCUT2D eigenvalue weighted by molar-refractivity contribution is -0.162. The summed E-state index contributed by atoms with van der Waals surface area (Å²) in [6.45, 7) is 7.34. The van der Waals surface area contributed by atoms with Crippen LogP contribution in [0.2, 0.25) is 0 Å². The van der Waals surface area contributed by atoms with E-state index in [2.05, 4.69) is 22.1 Å². The highest BCUT2D eigenvalue weighted by Crippen LogP contribution is 2.23. The molecule has 0 amide bonds. The maximum absolute atomic E-state index is 12.6. The van der Waals surface area contributed by atoms with Crippen molar-refractivity contribution >= 4 is 33.5 Å². The number of benzene rings is 1. The average molecular weight is 496 g/mol. The first-order valence-electron chi connectivity index (χ1n) is 11.4. The number of carbonyl (C=O) groups excluding carboxylic acids is 2. The van der Waals surface area contributed by atoms with Gasteiger partial charge in [-0.1, -0.05) is 31.3 Å². The van der Waals surface area contributed by atoms with E-state index in [4.69, 9.17) is 14.0 Å². The van der Waals surface area contributed by atoms with Crippen LogP contribution in [0.1, 0.15) is 52.2 Å². The van der Waals surface area contributed by atoms with E-state index in [9.17, 15) is 18.0 Å². The normalized spacial score (nSPS) is 12.3. The Labute approximate surface area is 200 Å². The first-order chi connectivity index (χ1) is 16.2. The summed E-state index contributed by atoms with van der Waals surface area (Å²) >= 11 is 0. The fourth-order valence-electron chi connectivity index (χ4n) is 3.38. The summed E-state index contributed by atoms with van der Waals surface area (Å²) in [6.07, 6.45) is 3.22. The fraction of sp³-hybridized carbons (Fsp3) is 0.522. The topological polar surface area (TPSA) is 137 Å². The van der Waals surface area contributed by atoms with Crippen molar-refractivity contribution in [1.82, 2.24) is 5.16 Å². The smallest absolute Gasteiger partial charge is 0.322 e. The maximum Gasteiger partial charge on any atom is 0.322 e. The summed E-state index contributed by atoms with van der Waals surface area (Å²) in [5.41, 5.74) is 0.552. The molecule has 188 valence electrons. The number of rotatable bonds is 14. The number of nitrogens with zero attached hydrogens (tertiary/aromatic N) is 1. The zero-order chi connectivity index (χ0) is 25.1. The van der Waals surface area contributed by atoms with Crippen LogP contribution in [-0.2, 0) is 29.1 Å². The Hall–Kier alpha value is -3.08. The number of hydrogen-bond acceptors (Lipinski definition) is 9. The number of anilines is 2. The van der Waals surface area contributed by atoms with Gasteiger partial charge < -0.3 is 19.3 Å². The third-order valence-electron chi connectivity index (χ3n) is 4.99. The second-order valence-electron chi connectivity index (χ2n) is 7.68. The molecule has 1 atom stereocenters. The van der Waals surface area contributed by atoms with Gasteiger partial charge >= 0.3 is 11.9 Å². The molecule has 0 radical (unpaired) electrons. The number of ether oxygens (including phenoxy) is 2. The van der Waals surface area contributed by atoms with Crippen molar-refractivity contribution in [3.05, 3.63) is 36.1 Å². The molecule has 0 saturated carbocycles. The van der Waals surface area contributed by atoms with E-state index in [-0.39, 0.29) is 23.9 Å². The van der Waals surface area contributed by atoms with Crippen molar-refractivity contribution < 1.29 is 32.0 Å². The van der Waals surface area contributed by atoms with Gasteiger partial charge in [0.15, 0.2) is 11.7 Å². The van der Waals surface area contributed by atoms with Crippen LogP contribution in [-0.4, -0.2) is 44.8 Å². The second-order valence-corrected chi connectivity index (χ2v) is 9.36. The van der Waals surface area contributed by atoms with Crippen LogP contribution in [0.25, 0.3) is 0 Å². The molecule has 1 aromatic heterocycles. The van der Waals surface area contributed by atoms with Gasteiger partial charge in [-0.2, -0.15) is 0 Å². The minimum absolute atomic E-state index is 0.0218. The molecule has 2 N–H and O–H groups in total. The van der Waals surface area contributed by atoms with Gasteiger partial charge in [-0.15, -0.1) is 0 Å². The maximum atomic E-state index is 12.6. The lowest BCUT2D eigenvalue weighted by Gasteiger charge is -2.26. The van der Waals surface area contributed by atoms with Crippen LogP contribution in [0.5, 0.6) is 0 Å². The van der Waals surface area contributed by atoms with Gasteiger partial charge in [-0.25, -0.2) is 8.42 Å². The molecule has 0 aliphatic carbocycles. The molecule has 0 aliphatic heterocycles. The number of carbonyl (C=O) groups is 2. The van der Waals surface area contributed by atoms with Gasteiger partial charge in [0.25, 0.3) is 10.0 Å². The zero-order valence-corrected chi connectivity index (χ0v) is 20.8. The van der Waals surface area contributed by atoms with Crippen LogP contribution in [0.15, 0.2) is 39.8 Å². The lowest BCUT2D eigenvalue weighted by Crippen LogP contribution is -2.42. The predicted octanol–water partition coefficient (Wildman–Crippen LogP) is 3.89. The number of unbranched alkanes of at least 4 members (excludes halogenated alkanes) is 2. The molecule has 10 nitrogen and oxygen atoms in total. The number of esters is 2. The highest BCUT2D eigenvalue weighted by Gasteiger charge is 2.37. The standard InChI is InChI=1S/C23H33N3O7S/c1-5-8-9-10-19(21(22(27)31-6-2)23(28)32-7-3)24-17-11-13-18(14-12-17)34(29,30)26-20-15-16(4)33-25-20/h11-15,19,21,24H,5-10H2,1-4H3,(H,25,26)/t19-/m1/s1. The molecule has 0 saturated heterocycles. The Balaban J connectivity index is 2.24. The first-order valence-corrected chi connectivity index (χ1v) is 12.9. The Morgan fingerprint density at radius 1 is 1.03 bits per heavy atom. The number of sulfonamides is 1. The molecule has 0 aliphatic rings. The molecule has 0 fully saturated rings.